The van der Waals surface area contributed by atoms with Gasteiger partial charge in [0.1, 0.15) is 0 Å². The van der Waals surface area contributed by atoms with Crippen molar-refractivity contribution >= 4 is 21.9 Å². The summed E-state index contributed by atoms with van der Waals surface area (Å²) in [6.07, 6.45) is 0. The summed E-state index contributed by atoms with van der Waals surface area (Å²) in [5.41, 5.74) is 4.57. The van der Waals surface area contributed by atoms with E-state index in [1.54, 1.807) is 12.1 Å². The van der Waals surface area contributed by atoms with E-state index in [0.29, 0.717) is 5.56 Å². The van der Waals surface area contributed by atoms with Gasteiger partial charge in [-0.1, -0.05) is 39.7 Å². The van der Waals surface area contributed by atoms with Crippen molar-refractivity contribution in [1.29, 1.82) is 0 Å². The van der Waals surface area contributed by atoms with Gasteiger partial charge in [-0.25, -0.2) is 4.79 Å². The van der Waals surface area contributed by atoms with Gasteiger partial charge in [-0.2, -0.15) is 0 Å². The van der Waals surface area contributed by atoms with E-state index in [1.807, 2.05) is 26.0 Å². The van der Waals surface area contributed by atoms with Gasteiger partial charge in [-0.15, -0.1) is 0 Å². The minimum atomic E-state index is -0.914. The molecule has 0 unspecified atom stereocenters. The molecule has 0 saturated heterocycles. The fourth-order valence-electron chi connectivity index (χ4n) is 1.92. The lowest BCUT2D eigenvalue weighted by Crippen LogP contribution is -1.97. The van der Waals surface area contributed by atoms with Crippen LogP contribution >= 0.6 is 15.9 Å². The molecule has 0 fully saturated rings. The Kier molecular flexibility index (Phi) is 3.53. The lowest BCUT2D eigenvalue weighted by molar-refractivity contribution is 0.0697. The molecule has 3 heteroatoms. The van der Waals surface area contributed by atoms with E-state index in [2.05, 4.69) is 28.1 Å². The zero-order chi connectivity index (χ0) is 13.3. The topological polar surface area (TPSA) is 37.3 Å². The third kappa shape index (κ3) is 2.62. The summed E-state index contributed by atoms with van der Waals surface area (Å²) < 4.78 is 0.776. The van der Waals surface area contributed by atoms with Crippen LogP contribution in [0.3, 0.4) is 0 Å². The first kappa shape index (κ1) is 12.8. The van der Waals surface area contributed by atoms with Gasteiger partial charge in [-0.05, 0) is 48.7 Å². The van der Waals surface area contributed by atoms with Crippen molar-refractivity contribution in [2.75, 3.05) is 0 Å². The van der Waals surface area contributed by atoms with Crippen LogP contribution in [0.1, 0.15) is 21.5 Å². The Labute approximate surface area is 114 Å². The van der Waals surface area contributed by atoms with Gasteiger partial charge >= 0.3 is 5.97 Å². The first-order chi connectivity index (χ1) is 8.47. The summed E-state index contributed by atoms with van der Waals surface area (Å²) in [4.78, 5) is 11.1. The molecule has 0 saturated carbocycles. The number of carboxylic acid groups (broad SMARTS) is 1. The van der Waals surface area contributed by atoms with Gasteiger partial charge < -0.3 is 5.11 Å². The fraction of sp³-hybridized carbons (Fsp3) is 0.133. The second-order valence-electron chi connectivity index (χ2n) is 4.35. The van der Waals surface area contributed by atoms with Gasteiger partial charge in [-0.3, -0.25) is 0 Å². The predicted octanol–water partition coefficient (Wildman–Crippen LogP) is 4.43. The van der Waals surface area contributed by atoms with Crippen LogP contribution in [0.15, 0.2) is 40.9 Å². The van der Waals surface area contributed by atoms with E-state index in [0.717, 1.165) is 26.7 Å². The molecule has 0 aromatic heterocycles. The van der Waals surface area contributed by atoms with Crippen LogP contribution in [0.25, 0.3) is 11.1 Å². The van der Waals surface area contributed by atoms with Crippen LogP contribution in [0.4, 0.5) is 0 Å². The van der Waals surface area contributed by atoms with Crippen molar-refractivity contribution in [2.45, 2.75) is 13.8 Å². The summed E-state index contributed by atoms with van der Waals surface area (Å²) in [6.45, 7) is 4.05. The van der Waals surface area contributed by atoms with Gasteiger partial charge in [0.25, 0.3) is 0 Å². The highest BCUT2D eigenvalue weighted by Crippen LogP contribution is 2.28. The van der Waals surface area contributed by atoms with Crippen LogP contribution in [0, 0.1) is 13.8 Å². The summed E-state index contributed by atoms with van der Waals surface area (Å²) >= 11 is 3.36. The molecule has 0 spiro atoms. The summed E-state index contributed by atoms with van der Waals surface area (Å²) in [5.74, 6) is -0.914. The normalized spacial score (nSPS) is 10.4. The minimum absolute atomic E-state index is 0.292. The van der Waals surface area contributed by atoms with Gasteiger partial charge in [0.15, 0.2) is 0 Å². The highest BCUT2D eigenvalue weighted by molar-refractivity contribution is 9.10. The average molecular weight is 305 g/mol. The molecule has 2 aromatic rings. The molecule has 0 heterocycles. The summed E-state index contributed by atoms with van der Waals surface area (Å²) in [6, 6.07) is 11.4. The quantitative estimate of drug-likeness (QED) is 0.891. The number of carbonyl (C=O) groups is 1. The second-order valence-corrected chi connectivity index (χ2v) is 5.27. The molecule has 0 radical (unpaired) electrons. The Morgan fingerprint density at radius 2 is 1.83 bits per heavy atom. The highest BCUT2D eigenvalue weighted by atomic mass is 79.9. The third-order valence-electron chi connectivity index (χ3n) is 2.85. The molecule has 18 heavy (non-hydrogen) atoms. The van der Waals surface area contributed by atoms with Gasteiger partial charge in [0, 0.05) is 4.47 Å². The molecule has 0 atom stereocenters. The van der Waals surface area contributed by atoms with Crippen molar-refractivity contribution in [3.8, 4) is 11.1 Å². The molecule has 1 N–H and O–H groups in total. The van der Waals surface area contributed by atoms with Crippen LogP contribution in [0.2, 0.25) is 0 Å². The number of carboxylic acids is 1. The first-order valence-corrected chi connectivity index (χ1v) is 6.38. The number of benzene rings is 2. The number of halogens is 1. The molecule has 92 valence electrons. The molecule has 0 aliphatic heterocycles. The number of hydrogen-bond acceptors (Lipinski definition) is 1. The van der Waals surface area contributed by atoms with Crippen molar-refractivity contribution in [3.63, 3.8) is 0 Å². The smallest absolute Gasteiger partial charge is 0.335 e. The summed E-state index contributed by atoms with van der Waals surface area (Å²) in [5, 5.41) is 9.08. The maximum Gasteiger partial charge on any atom is 0.335 e. The zero-order valence-electron chi connectivity index (χ0n) is 10.2. The van der Waals surface area contributed by atoms with E-state index in [1.165, 1.54) is 0 Å². The van der Waals surface area contributed by atoms with E-state index >= 15 is 0 Å². The number of aromatic carboxylic acids is 1. The van der Waals surface area contributed by atoms with E-state index < -0.39 is 5.97 Å². The lowest BCUT2D eigenvalue weighted by Gasteiger charge is -2.09. The SMILES string of the molecule is Cc1ccc(C)c(-c2cc(Br)cc(C(=O)O)c2)c1. The Bertz CT molecular complexity index is 618. The minimum Gasteiger partial charge on any atom is -0.478 e. The molecule has 2 aromatic carbocycles. The molecule has 0 amide bonds. The van der Waals surface area contributed by atoms with Crippen molar-refractivity contribution in [3.05, 3.63) is 57.6 Å². The highest BCUT2D eigenvalue weighted by Gasteiger charge is 2.09. The van der Waals surface area contributed by atoms with E-state index in [-0.39, 0.29) is 0 Å². The first-order valence-electron chi connectivity index (χ1n) is 5.59. The Hall–Kier alpha value is -1.61. The monoisotopic (exact) mass is 304 g/mol. The number of aryl methyl sites for hydroxylation is 2. The van der Waals surface area contributed by atoms with Crippen LogP contribution in [0.5, 0.6) is 0 Å². The van der Waals surface area contributed by atoms with E-state index in [9.17, 15) is 4.79 Å². The fourth-order valence-corrected chi connectivity index (χ4v) is 2.41. The largest absolute Gasteiger partial charge is 0.478 e. The molecule has 0 aliphatic carbocycles. The molecular weight excluding hydrogens is 292 g/mol. The lowest BCUT2D eigenvalue weighted by atomic mass is 9.97. The standard InChI is InChI=1S/C15H13BrO2/c1-9-3-4-10(2)14(5-9)11-6-12(15(17)18)8-13(16)7-11/h3-8H,1-2H3,(H,17,18). The maximum absolute atomic E-state index is 11.1. The van der Waals surface area contributed by atoms with Crippen molar-refractivity contribution in [2.24, 2.45) is 0 Å². The zero-order valence-corrected chi connectivity index (χ0v) is 11.8. The average Bonchev–Trinajstić information content (AvgIpc) is 2.31. The Morgan fingerprint density at radius 1 is 1.11 bits per heavy atom. The van der Waals surface area contributed by atoms with Gasteiger partial charge in [0.2, 0.25) is 0 Å². The van der Waals surface area contributed by atoms with Crippen LogP contribution < -0.4 is 0 Å². The number of hydrogen-bond donors (Lipinski definition) is 1. The molecule has 2 rings (SSSR count). The third-order valence-corrected chi connectivity index (χ3v) is 3.31. The second kappa shape index (κ2) is 4.94. The maximum atomic E-state index is 11.1. The molecule has 0 bridgehead atoms. The summed E-state index contributed by atoms with van der Waals surface area (Å²) in [7, 11) is 0. The molecule has 2 nitrogen and oxygen atoms in total. The van der Waals surface area contributed by atoms with Crippen molar-refractivity contribution in [1.82, 2.24) is 0 Å². The van der Waals surface area contributed by atoms with Crippen molar-refractivity contribution < 1.29 is 9.90 Å². The molecule has 0 aliphatic rings. The van der Waals surface area contributed by atoms with Gasteiger partial charge in [0.05, 0.1) is 5.56 Å². The molecular formula is C15H13BrO2. The van der Waals surface area contributed by atoms with Crippen LogP contribution in [-0.2, 0) is 0 Å². The Balaban J connectivity index is 2.63. The predicted molar refractivity (Wildman–Crippen MR) is 76.0 cm³/mol. The van der Waals surface area contributed by atoms with E-state index in [4.69, 9.17) is 5.11 Å². The Morgan fingerprint density at radius 3 is 2.50 bits per heavy atom. The van der Waals surface area contributed by atoms with Crippen LogP contribution in [-0.4, -0.2) is 11.1 Å². The number of rotatable bonds is 2.